The average molecular weight is 373 g/mol. The lowest BCUT2D eigenvalue weighted by atomic mass is 10.2. The summed E-state index contributed by atoms with van der Waals surface area (Å²) in [7, 11) is 0. The van der Waals surface area contributed by atoms with E-state index < -0.39 is 0 Å². The van der Waals surface area contributed by atoms with Crippen LogP contribution in [0.3, 0.4) is 0 Å². The molecular weight excluding hydrogens is 357 g/mol. The van der Waals surface area contributed by atoms with E-state index in [-0.39, 0.29) is 24.0 Å². The summed E-state index contributed by atoms with van der Waals surface area (Å²) >= 11 is 0. The number of amides is 1. The predicted molar refractivity (Wildman–Crippen MR) is 105 cm³/mol. The maximum absolute atomic E-state index is 13.7. The minimum atomic E-state index is -0.380. The van der Waals surface area contributed by atoms with Gasteiger partial charge in [-0.15, -0.1) is 0 Å². The number of para-hydroxylation sites is 1. The SMILES string of the molecule is O=C(Nc1cccc2cccnc12)c1cc(NCc2ccccc2F)ncn1. The molecule has 0 atom stereocenters. The molecular formula is C21H16FN5O. The standard InChI is InChI=1S/C21H16FN5O/c22-16-8-2-1-5-15(16)12-24-19-11-18(25-13-26-19)21(28)27-17-9-3-6-14-7-4-10-23-20(14)17/h1-11,13H,12H2,(H,27,28)(H,24,25,26). The number of anilines is 2. The monoisotopic (exact) mass is 373 g/mol. The average Bonchev–Trinajstić information content (AvgIpc) is 2.74. The Morgan fingerprint density at radius 1 is 0.964 bits per heavy atom. The van der Waals surface area contributed by atoms with Gasteiger partial charge in [0.2, 0.25) is 0 Å². The van der Waals surface area contributed by atoms with Crippen LogP contribution in [0.2, 0.25) is 0 Å². The molecule has 0 aliphatic heterocycles. The van der Waals surface area contributed by atoms with E-state index in [2.05, 4.69) is 25.6 Å². The van der Waals surface area contributed by atoms with Crippen LogP contribution in [0.1, 0.15) is 16.1 Å². The summed E-state index contributed by atoms with van der Waals surface area (Å²) < 4.78 is 13.7. The van der Waals surface area contributed by atoms with Crippen molar-refractivity contribution in [2.24, 2.45) is 0 Å². The topological polar surface area (TPSA) is 79.8 Å². The van der Waals surface area contributed by atoms with Gasteiger partial charge in [-0.1, -0.05) is 36.4 Å². The Balaban J connectivity index is 1.50. The molecule has 2 aromatic carbocycles. The second-order valence-electron chi connectivity index (χ2n) is 6.07. The molecule has 0 bridgehead atoms. The number of halogens is 1. The Hall–Kier alpha value is -3.87. The Kier molecular flexibility index (Phi) is 4.88. The minimum absolute atomic E-state index is 0.193. The Labute approximate surface area is 160 Å². The van der Waals surface area contributed by atoms with E-state index in [1.807, 2.05) is 24.3 Å². The fourth-order valence-corrected chi connectivity index (χ4v) is 2.80. The molecule has 0 radical (unpaired) electrons. The van der Waals surface area contributed by atoms with E-state index >= 15 is 0 Å². The van der Waals surface area contributed by atoms with Gasteiger partial charge in [0, 0.05) is 29.8 Å². The van der Waals surface area contributed by atoms with Gasteiger partial charge < -0.3 is 10.6 Å². The molecule has 7 heteroatoms. The third kappa shape index (κ3) is 3.78. The number of rotatable bonds is 5. The molecule has 0 aliphatic carbocycles. The number of pyridine rings is 1. The summed E-state index contributed by atoms with van der Waals surface area (Å²) in [5.74, 6) is -0.251. The number of nitrogens with one attached hydrogen (secondary N) is 2. The quantitative estimate of drug-likeness (QED) is 0.552. The van der Waals surface area contributed by atoms with Gasteiger partial charge in [-0.05, 0) is 18.2 Å². The van der Waals surface area contributed by atoms with E-state index in [0.29, 0.717) is 22.6 Å². The van der Waals surface area contributed by atoms with E-state index in [1.165, 1.54) is 18.5 Å². The highest BCUT2D eigenvalue weighted by atomic mass is 19.1. The molecule has 2 aromatic heterocycles. The molecule has 1 amide bonds. The molecule has 4 rings (SSSR count). The van der Waals surface area contributed by atoms with Gasteiger partial charge in [0.25, 0.3) is 5.91 Å². The fraction of sp³-hybridized carbons (Fsp3) is 0.0476. The van der Waals surface area contributed by atoms with Gasteiger partial charge in [0.05, 0.1) is 11.2 Å². The number of hydrogen-bond donors (Lipinski definition) is 2. The van der Waals surface area contributed by atoms with Gasteiger partial charge in [-0.2, -0.15) is 0 Å². The van der Waals surface area contributed by atoms with Gasteiger partial charge in [0.15, 0.2) is 0 Å². The van der Waals surface area contributed by atoms with E-state index in [4.69, 9.17) is 0 Å². The second-order valence-corrected chi connectivity index (χ2v) is 6.07. The van der Waals surface area contributed by atoms with Gasteiger partial charge in [-0.3, -0.25) is 9.78 Å². The maximum atomic E-state index is 13.7. The molecule has 0 unspecified atom stereocenters. The first-order valence-electron chi connectivity index (χ1n) is 8.65. The third-order valence-electron chi connectivity index (χ3n) is 4.20. The highest BCUT2D eigenvalue weighted by Crippen LogP contribution is 2.21. The van der Waals surface area contributed by atoms with Crippen LogP contribution in [0.5, 0.6) is 0 Å². The van der Waals surface area contributed by atoms with Gasteiger partial charge in [0.1, 0.15) is 23.7 Å². The zero-order valence-corrected chi connectivity index (χ0v) is 14.8. The van der Waals surface area contributed by atoms with Crippen LogP contribution in [0.4, 0.5) is 15.9 Å². The number of hydrogen-bond acceptors (Lipinski definition) is 5. The van der Waals surface area contributed by atoms with Crippen LogP contribution in [0.25, 0.3) is 10.9 Å². The number of aromatic nitrogens is 3. The van der Waals surface area contributed by atoms with Crippen molar-refractivity contribution in [1.82, 2.24) is 15.0 Å². The van der Waals surface area contributed by atoms with Crippen LogP contribution in [-0.2, 0) is 6.54 Å². The van der Waals surface area contributed by atoms with E-state index in [0.717, 1.165) is 5.39 Å². The fourth-order valence-electron chi connectivity index (χ4n) is 2.80. The lowest BCUT2D eigenvalue weighted by molar-refractivity contribution is 0.102. The van der Waals surface area contributed by atoms with Crippen LogP contribution in [0, 0.1) is 5.82 Å². The number of benzene rings is 2. The van der Waals surface area contributed by atoms with Crippen LogP contribution in [-0.4, -0.2) is 20.9 Å². The van der Waals surface area contributed by atoms with E-state index in [1.54, 1.807) is 30.5 Å². The van der Waals surface area contributed by atoms with Crippen molar-refractivity contribution in [3.05, 3.63) is 90.3 Å². The first kappa shape index (κ1) is 17.5. The molecule has 28 heavy (non-hydrogen) atoms. The Morgan fingerprint density at radius 3 is 2.71 bits per heavy atom. The number of carbonyl (C=O) groups excluding carboxylic acids is 1. The molecule has 0 aliphatic rings. The summed E-state index contributed by atoms with van der Waals surface area (Å²) in [5.41, 5.74) is 2.00. The zero-order valence-electron chi connectivity index (χ0n) is 14.8. The lowest BCUT2D eigenvalue weighted by Gasteiger charge is -2.09. The van der Waals surface area contributed by atoms with Crippen LogP contribution < -0.4 is 10.6 Å². The summed E-state index contributed by atoms with van der Waals surface area (Å²) in [6.07, 6.45) is 2.97. The normalized spacial score (nSPS) is 10.6. The first-order valence-corrected chi connectivity index (χ1v) is 8.65. The molecule has 0 saturated carbocycles. The van der Waals surface area contributed by atoms with Crippen molar-refractivity contribution >= 4 is 28.3 Å². The molecule has 4 aromatic rings. The third-order valence-corrected chi connectivity index (χ3v) is 4.20. The van der Waals surface area contributed by atoms with Crippen molar-refractivity contribution in [1.29, 1.82) is 0 Å². The summed E-state index contributed by atoms with van der Waals surface area (Å²) in [5, 5.41) is 6.77. The molecule has 2 N–H and O–H groups in total. The van der Waals surface area contributed by atoms with Crippen molar-refractivity contribution in [3.63, 3.8) is 0 Å². The van der Waals surface area contributed by atoms with Crippen molar-refractivity contribution in [2.45, 2.75) is 6.54 Å². The number of nitrogens with zero attached hydrogens (tertiary/aromatic N) is 3. The van der Waals surface area contributed by atoms with Crippen molar-refractivity contribution in [3.8, 4) is 0 Å². The summed E-state index contributed by atoms with van der Waals surface area (Å²) in [4.78, 5) is 25.1. The van der Waals surface area contributed by atoms with Gasteiger partial charge >= 0.3 is 0 Å². The minimum Gasteiger partial charge on any atom is -0.366 e. The highest BCUT2D eigenvalue weighted by Gasteiger charge is 2.12. The molecule has 6 nitrogen and oxygen atoms in total. The molecule has 0 spiro atoms. The maximum Gasteiger partial charge on any atom is 0.274 e. The number of carbonyl (C=O) groups is 1. The second kappa shape index (κ2) is 7.79. The predicted octanol–water partition coefficient (Wildman–Crippen LogP) is 4.03. The largest absolute Gasteiger partial charge is 0.366 e. The van der Waals surface area contributed by atoms with Gasteiger partial charge in [-0.25, -0.2) is 14.4 Å². The lowest BCUT2D eigenvalue weighted by Crippen LogP contribution is -2.15. The molecule has 2 heterocycles. The van der Waals surface area contributed by atoms with Crippen molar-refractivity contribution < 1.29 is 9.18 Å². The molecule has 0 fully saturated rings. The zero-order chi connectivity index (χ0) is 19.3. The summed E-state index contributed by atoms with van der Waals surface area (Å²) in [6, 6.07) is 17.3. The molecule has 0 saturated heterocycles. The number of fused-ring (bicyclic) bond motifs is 1. The van der Waals surface area contributed by atoms with E-state index in [9.17, 15) is 9.18 Å². The van der Waals surface area contributed by atoms with Crippen LogP contribution >= 0.6 is 0 Å². The summed E-state index contributed by atoms with van der Waals surface area (Å²) in [6.45, 7) is 0.248. The Bertz CT molecular complexity index is 1140. The molecule has 138 valence electrons. The van der Waals surface area contributed by atoms with Crippen LogP contribution in [0.15, 0.2) is 73.2 Å². The van der Waals surface area contributed by atoms with Crippen molar-refractivity contribution in [2.75, 3.05) is 10.6 Å². The highest BCUT2D eigenvalue weighted by molar-refractivity contribution is 6.07. The smallest absolute Gasteiger partial charge is 0.274 e. The Morgan fingerprint density at radius 2 is 1.82 bits per heavy atom. The first-order chi connectivity index (χ1) is 13.7.